The van der Waals surface area contributed by atoms with Gasteiger partial charge in [0, 0.05) is 55.8 Å². The molecule has 2 aromatic carbocycles. The van der Waals surface area contributed by atoms with Crippen LogP contribution in [0, 0.1) is 28.9 Å². The molecule has 1 amide bonds. The maximum atomic E-state index is 16.6. The van der Waals surface area contributed by atoms with Crippen LogP contribution in [0.4, 0.5) is 23.4 Å². The molecule has 0 aliphatic carbocycles. The average molecular weight is 654 g/mol. The van der Waals surface area contributed by atoms with E-state index in [4.69, 9.17) is 16.3 Å². The van der Waals surface area contributed by atoms with E-state index in [-0.39, 0.29) is 83.6 Å². The SMILES string of the molecule is C=C(F)C(=O)N1CCN(c2nc(OC[C@H]3CN(C)C[C@H]3F)nc3c(F)c(-c4cccc5ccc(F)c(Cl)c45)ncc23)C[C@@H]1CC#N. The zero-order valence-corrected chi connectivity index (χ0v) is 25.4. The van der Waals surface area contributed by atoms with E-state index in [2.05, 4.69) is 21.5 Å². The fraction of sp³-hybridized carbons (Fsp3) is 0.344. The van der Waals surface area contributed by atoms with Gasteiger partial charge in [0.1, 0.15) is 29.0 Å². The second-order valence-electron chi connectivity index (χ2n) is 11.5. The van der Waals surface area contributed by atoms with Gasteiger partial charge in [0.2, 0.25) is 0 Å². The van der Waals surface area contributed by atoms with Crippen LogP contribution < -0.4 is 9.64 Å². The van der Waals surface area contributed by atoms with E-state index in [0.717, 1.165) is 0 Å². The third-order valence-corrected chi connectivity index (χ3v) is 8.78. The van der Waals surface area contributed by atoms with Crippen LogP contribution in [0.3, 0.4) is 0 Å². The maximum Gasteiger partial charge on any atom is 0.319 e. The number of fused-ring (bicyclic) bond motifs is 2. The molecule has 2 saturated heterocycles. The molecular weight excluding hydrogens is 626 g/mol. The molecule has 0 spiro atoms. The molecule has 2 aromatic heterocycles. The minimum Gasteiger partial charge on any atom is -0.463 e. The van der Waals surface area contributed by atoms with Crippen molar-refractivity contribution < 1.29 is 27.1 Å². The largest absolute Gasteiger partial charge is 0.463 e. The zero-order valence-electron chi connectivity index (χ0n) is 24.7. The molecule has 4 aromatic rings. The van der Waals surface area contributed by atoms with E-state index >= 15 is 4.39 Å². The van der Waals surface area contributed by atoms with E-state index in [0.29, 0.717) is 11.9 Å². The first-order chi connectivity index (χ1) is 22.1. The highest BCUT2D eigenvalue weighted by Crippen LogP contribution is 2.38. The van der Waals surface area contributed by atoms with Crippen molar-refractivity contribution in [3.05, 3.63) is 65.6 Å². The summed E-state index contributed by atoms with van der Waals surface area (Å²) in [6.45, 7) is 3.96. The minimum atomic E-state index is -1.14. The van der Waals surface area contributed by atoms with E-state index in [1.54, 1.807) is 30.1 Å². The second kappa shape index (κ2) is 12.7. The number of hydrogen-bond acceptors (Lipinski definition) is 8. The molecule has 3 atom stereocenters. The van der Waals surface area contributed by atoms with E-state index in [1.165, 1.54) is 23.2 Å². The number of ether oxygens (including phenoxy) is 1. The Labute approximate surface area is 266 Å². The summed E-state index contributed by atoms with van der Waals surface area (Å²) in [6.07, 6.45) is 0.142. The summed E-state index contributed by atoms with van der Waals surface area (Å²) in [4.78, 5) is 30.6. The molecule has 2 fully saturated rings. The highest BCUT2D eigenvalue weighted by molar-refractivity contribution is 6.36. The Hall–Kier alpha value is -4.54. The smallest absolute Gasteiger partial charge is 0.319 e. The summed E-state index contributed by atoms with van der Waals surface area (Å²) in [5.74, 6) is -3.83. The summed E-state index contributed by atoms with van der Waals surface area (Å²) in [5, 5.41) is 10.3. The van der Waals surface area contributed by atoms with Crippen molar-refractivity contribution in [2.45, 2.75) is 18.6 Å². The predicted molar refractivity (Wildman–Crippen MR) is 165 cm³/mol. The van der Waals surface area contributed by atoms with Crippen LogP contribution in [0.25, 0.3) is 32.9 Å². The van der Waals surface area contributed by atoms with Gasteiger partial charge in [-0.15, -0.1) is 0 Å². The zero-order chi connectivity index (χ0) is 32.7. The number of nitriles is 1. The first-order valence-corrected chi connectivity index (χ1v) is 14.9. The van der Waals surface area contributed by atoms with Gasteiger partial charge in [-0.1, -0.05) is 42.4 Å². The number of aromatic nitrogens is 3. The molecular formula is C32H28ClF4N7O2. The Morgan fingerprint density at radius 2 is 1.98 bits per heavy atom. The molecule has 14 heteroatoms. The third-order valence-electron chi connectivity index (χ3n) is 8.41. The Morgan fingerprint density at radius 3 is 2.70 bits per heavy atom. The van der Waals surface area contributed by atoms with Gasteiger partial charge >= 0.3 is 6.01 Å². The van der Waals surface area contributed by atoms with E-state index < -0.39 is 41.5 Å². The number of benzene rings is 2. The van der Waals surface area contributed by atoms with Gasteiger partial charge in [-0.05, 0) is 18.5 Å². The molecule has 0 radical (unpaired) electrons. The predicted octanol–water partition coefficient (Wildman–Crippen LogP) is 5.47. The summed E-state index contributed by atoms with van der Waals surface area (Å²) >= 11 is 6.33. The monoisotopic (exact) mass is 653 g/mol. The van der Waals surface area contributed by atoms with Crippen LogP contribution >= 0.6 is 11.6 Å². The Morgan fingerprint density at radius 1 is 1.17 bits per heavy atom. The summed E-state index contributed by atoms with van der Waals surface area (Å²) in [5.41, 5.74) is -0.0602. The van der Waals surface area contributed by atoms with Gasteiger partial charge < -0.3 is 19.4 Å². The van der Waals surface area contributed by atoms with Crippen molar-refractivity contribution in [2.75, 3.05) is 51.3 Å². The Balaban J connectivity index is 1.46. The van der Waals surface area contributed by atoms with Gasteiger partial charge in [-0.2, -0.15) is 15.2 Å². The van der Waals surface area contributed by atoms with Crippen molar-refractivity contribution in [3.63, 3.8) is 0 Å². The molecule has 4 heterocycles. The van der Waals surface area contributed by atoms with Crippen molar-refractivity contribution in [3.8, 4) is 23.3 Å². The number of piperazine rings is 1. The molecule has 2 aliphatic heterocycles. The third kappa shape index (κ3) is 5.78. The van der Waals surface area contributed by atoms with Crippen molar-refractivity contribution in [1.29, 1.82) is 5.26 Å². The number of carbonyl (C=O) groups excluding carboxylic acids is 1. The highest BCUT2D eigenvalue weighted by atomic mass is 35.5. The van der Waals surface area contributed by atoms with Crippen molar-refractivity contribution in [1.82, 2.24) is 24.8 Å². The molecule has 0 N–H and O–H groups in total. The fourth-order valence-electron chi connectivity index (χ4n) is 6.15. The number of hydrogen-bond donors (Lipinski definition) is 0. The number of amides is 1. The molecule has 0 bridgehead atoms. The quantitative estimate of drug-likeness (QED) is 0.191. The standard InChI is InChI=1S/C32H28ClF4N7O2/c1-17(34)31(45)44-11-10-43(14-20(44)8-9-38)30-22-12-39-28(21-5-3-4-18-6-7-23(35)26(33)25(18)21)27(37)29(22)40-32(41-30)46-16-19-13-42(2)15-24(19)36/h3-7,12,19-20,24H,1,8,10-11,13-16H2,2H3/t19-,20+,24-/m1/s1. The number of halogens is 5. The maximum absolute atomic E-state index is 16.6. The number of rotatable bonds is 7. The lowest BCUT2D eigenvalue weighted by molar-refractivity contribution is -0.131. The summed E-state index contributed by atoms with van der Waals surface area (Å²) < 4.78 is 65.3. The average Bonchev–Trinajstić information content (AvgIpc) is 3.37. The van der Waals surface area contributed by atoms with Gasteiger partial charge in [-0.3, -0.25) is 9.78 Å². The molecule has 0 saturated carbocycles. The van der Waals surface area contributed by atoms with Gasteiger partial charge in [0.05, 0.1) is 35.5 Å². The highest BCUT2D eigenvalue weighted by Gasteiger charge is 2.35. The Kier molecular flexibility index (Phi) is 8.67. The lowest BCUT2D eigenvalue weighted by Gasteiger charge is -2.41. The Bertz CT molecular complexity index is 1900. The number of anilines is 1. The summed E-state index contributed by atoms with van der Waals surface area (Å²) in [6, 6.07) is 8.80. The number of alkyl halides is 1. The van der Waals surface area contributed by atoms with Gasteiger partial charge in [0.25, 0.3) is 5.91 Å². The lowest BCUT2D eigenvalue weighted by Crippen LogP contribution is -2.55. The van der Waals surface area contributed by atoms with Crippen molar-refractivity contribution in [2.24, 2.45) is 5.92 Å². The van der Waals surface area contributed by atoms with E-state index in [9.17, 15) is 23.2 Å². The van der Waals surface area contributed by atoms with Crippen LogP contribution in [0.15, 0.2) is 48.9 Å². The van der Waals surface area contributed by atoms with Crippen LogP contribution in [0.2, 0.25) is 5.02 Å². The number of nitrogens with zero attached hydrogens (tertiary/aromatic N) is 7. The topological polar surface area (TPSA) is 98.5 Å². The van der Waals surface area contributed by atoms with E-state index in [1.807, 2.05) is 11.0 Å². The van der Waals surface area contributed by atoms with Gasteiger partial charge in [-0.25, -0.2) is 17.6 Å². The number of carbonyl (C=O) groups is 1. The first kappa shape index (κ1) is 31.4. The van der Waals surface area contributed by atoms with Gasteiger partial charge in [0.15, 0.2) is 11.6 Å². The fourth-order valence-corrected chi connectivity index (χ4v) is 6.42. The number of pyridine rings is 1. The van der Waals surface area contributed by atoms with Crippen molar-refractivity contribution >= 4 is 45.0 Å². The molecule has 9 nitrogen and oxygen atoms in total. The second-order valence-corrected chi connectivity index (χ2v) is 11.8. The molecule has 0 unspecified atom stereocenters. The first-order valence-electron chi connectivity index (χ1n) is 14.5. The van der Waals surface area contributed by atoms with Crippen LogP contribution in [0.5, 0.6) is 6.01 Å². The normalized spacial score (nSPS) is 20.3. The molecule has 46 heavy (non-hydrogen) atoms. The molecule has 2 aliphatic rings. The molecule has 238 valence electrons. The van der Waals surface area contributed by atoms with Crippen LogP contribution in [0.1, 0.15) is 6.42 Å². The minimum absolute atomic E-state index is 0.0296. The molecule has 6 rings (SSSR count). The number of likely N-dealkylation sites (tertiary alicyclic amines) is 1. The van der Waals surface area contributed by atoms with Crippen LogP contribution in [-0.2, 0) is 4.79 Å². The summed E-state index contributed by atoms with van der Waals surface area (Å²) in [7, 11) is 1.80. The van der Waals surface area contributed by atoms with Crippen LogP contribution in [-0.4, -0.2) is 89.3 Å². The lowest BCUT2D eigenvalue weighted by atomic mass is 10.0.